The minimum Gasteiger partial charge on any atom is -0.467 e. The molecule has 0 aromatic carbocycles. The average Bonchev–Trinajstić information content (AvgIpc) is 3.08. The number of ether oxygens (including phenoxy) is 1. The highest BCUT2D eigenvalue weighted by atomic mass is 19.4. The average molecular weight is 453 g/mol. The fourth-order valence-corrected chi connectivity index (χ4v) is 3.27. The fraction of sp³-hybridized carbons (Fsp3) is 0.450. The maximum absolute atomic E-state index is 12.9. The van der Waals surface area contributed by atoms with Crippen LogP contribution in [0.5, 0.6) is 5.88 Å². The summed E-state index contributed by atoms with van der Waals surface area (Å²) in [6.07, 6.45) is -2.73. The number of carbonyl (C=O) groups excluding carboxylic acids is 2. The molecule has 32 heavy (non-hydrogen) atoms. The molecular weight excluding hydrogens is 431 g/mol. The number of pyridine rings is 1. The highest BCUT2D eigenvalue weighted by Crippen LogP contribution is 2.32. The van der Waals surface area contributed by atoms with Crippen LogP contribution in [0.25, 0.3) is 0 Å². The summed E-state index contributed by atoms with van der Waals surface area (Å²) < 4.78 is 41.8. The molecule has 2 amide bonds. The summed E-state index contributed by atoms with van der Waals surface area (Å²) in [5.41, 5.74) is 1.65. The summed E-state index contributed by atoms with van der Waals surface area (Å²) >= 11 is 0. The van der Waals surface area contributed by atoms with Crippen LogP contribution >= 0.6 is 0 Å². The number of nitrogens with zero attached hydrogens (tertiary/aromatic N) is 4. The van der Waals surface area contributed by atoms with Crippen molar-refractivity contribution < 1.29 is 32.6 Å². The Morgan fingerprint density at radius 3 is 2.78 bits per heavy atom. The van der Waals surface area contributed by atoms with Gasteiger partial charge in [-0.05, 0) is 32.4 Å². The third-order valence-electron chi connectivity index (χ3n) is 4.94. The second-order valence-corrected chi connectivity index (χ2v) is 7.29. The van der Waals surface area contributed by atoms with Gasteiger partial charge in [-0.15, -0.1) is 10.2 Å². The van der Waals surface area contributed by atoms with Gasteiger partial charge in [0.25, 0.3) is 11.8 Å². The molecule has 0 saturated heterocycles. The topological polar surface area (TPSA) is 118 Å². The van der Waals surface area contributed by atoms with E-state index in [1.807, 2.05) is 0 Å². The lowest BCUT2D eigenvalue weighted by atomic mass is 10.1. The van der Waals surface area contributed by atoms with Crippen molar-refractivity contribution in [3.63, 3.8) is 0 Å². The van der Waals surface area contributed by atoms with E-state index < -0.39 is 24.7 Å². The minimum atomic E-state index is -4.50. The van der Waals surface area contributed by atoms with Crippen molar-refractivity contribution in [3.05, 3.63) is 46.4 Å². The van der Waals surface area contributed by atoms with Crippen molar-refractivity contribution in [2.24, 2.45) is 0 Å². The minimum absolute atomic E-state index is 0.0646. The number of nitrogens with one attached hydrogen (secondary N) is 1. The number of fused-ring (bicyclic) bond motifs is 1. The number of aliphatic hydroxyl groups excluding tert-OH is 1. The van der Waals surface area contributed by atoms with Gasteiger partial charge >= 0.3 is 6.18 Å². The molecule has 0 radical (unpaired) electrons. The maximum Gasteiger partial charge on any atom is 0.422 e. The molecule has 0 spiro atoms. The number of aromatic nitrogens is 3. The van der Waals surface area contributed by atoms with E-state index in [1.54, 1.807) is 6.92 Å². The van der Waals surface area contributed by atoms with Crippen LogP contribution in [0, 0.1) is 6.92 Å². The van der Waals surface area contributed by atoms with Crippen molar-refractivity contribution in [2.75, 3.05) is 19.8 Å². The highest BCUT2D eigenvalue weighted by Gasteiger charge is 2.35. The van der Waals surface area contributed by atoms with E-state index in [4.69, 9.17) is 5.11 Å². The van der Waals surface area contributed by atoms with Crippen molar-refractivity contribution >= 4 is 11.8 Å². The molecule has 0 saturated carbocycles. The van der Waals surface area contributed by atoms with E-state index in [0.717, 1.165) is 0 Å². The van der Waals surface area contributed by atoms with Gasteiger partial charge in [-0.1, -0.05) is 0 Å². The molecule has 3 heterocycles. The van der Waals surface area contributed by atoms with Crippen LogP contribution in [0.1, 0.15) is 57.1 Å². The first-order chi connectivity index (χ1) is 15.1. The number of hydrogen-bond donors (Lipinski definition) is 2. The number of amides is 2. The zero-order valence-corrected chi connectivity index (χ0v) is 17.4. The zero-order chi connectivity index (χ0) is 23.5. The summed E-state index contributed by atoms with van der Waals surface area (Å²) in [5, 5.41) is 19.2. The Labute approximate surface area is 181 Å². The molecule has 0 bridgehead atoms. The number of aliphatic hydroxyl groups is 1. The highest BCUT2D eigenvalue weighted by molar-refractivity contribution is 6.03. The maximum atomic E-state index is 12.9. The molecule has 1 atom stereocenters. The van der Waals surface area contributed by atoms with Crippen molar-refractivity contribution in [3.8, 4) is 5.88 Å². The molecule has 1 aliphatic rings. The molecule has 3 rings (SSSR count). The van der Waals surface area contributed by atoms with E-state index in [-0.39, 0.29) is 37.2 Å². The Bertz CT molecular complexity index is 1020. The standard InChI is InChI=1S/C20H22F3N5O4/c1-11-8-15(26-27-18(11)32-10-20(21,22)23)12(2)28-9-14-13(19(28)31)4-6-24-16(14)17(30)25-5-3-7-29/h4,6,8,12,29H,3,5,7,9-10H2,1-2H3,(H,25,30). The Kier molecular flexibility index (Phi) is 6.92. The van der Waals surface area contributed by atoms with E-state index in [2.05, 4.69) is 25.2 Å². The molecule has 172 valence electrons. The van der Waals surface area contributed by atoms with Gasteiger partial charge in [0, 0.05) is 42.6 Å². The Balaban J connectivity index is 1.77. The van der Waals surface area contributed by atoms with Crippen LogP contribution in [0.3, 0.4) is 0 Å². The number of hydrogen-bond acceptors (Lipinski definition) is 7. The lowest BCUT2D eigenvalue weighted by molar-refractivity contribution is -0.154. The van der Waals surface area contributed by atoms with E-state index in [1.165, 1.54) is 30.2 Å². The largest absolute Gasteiger partial charge is 0.467 e. The summed E-state index contributed by atoms with van der Waals surface area (Å²) in [7, 11) is 0. The monoisotopic (exact) mass is 453 g/mol. The van der Waals surface area contributed by atoms with Crippen LogP contribution in [-0.4, -0.2) is 62.9 Å². The van der Waals surface area contributed by atoms with Crippen molar-refractivity contribution in [1.29, 1.82) is 0 Å². The first-order valence-electron chi connectivity index (χ1n) is 9.84. The van der Waals surface area contributed by atoms with Gasteiger partial charge in [-0.2, -0.15) is 13.2 Å². The smallest absolute Gasteiger partial charge is 0.422 e. The molecule has 0 fully saturated rings. The van der Waals surface area contributed by atoms with Gasteiger partial charge in [0.1, 0.15) is 5.69 Å². The van der Waals surface area contributed by atoms with Crippen LogP contribution in [0.15, 0.2) is 18.3 Å². The van der Waals surface area contributed by atoms with Gasteiger partial charge < -0.3 is 20.1 Å². The lowest BCUT2D eigenvalue weighted by Gasteiger charge is -2.24. The normalized spacial score (nSPS) is 14.3. The zero-order valence-electron chi connectivity index (χ0n) is 17.4. The van der Waals surface area contributed by atoms with Crippen molar-refractivity contribution in [2.45, 2.75) is 39.0 Å². The van der Waals surface area contributed by atoms with Gasteiger partial charge in [-0.25, -0.2) is 0 Å². The number of aryl methyl sites for hydroxylation is 1. The third kappa shape index (κ3) is 5.13. The number of halogens is 3. The molecule has 9 nitrogen and oxygen atoms in total. The number of rotatable bonds is 8. The predicted octanol–water partition coefficient (Wildman–Crippen LogP) is 1.95. The molecular formula is C20H22F3N5O4. The number of carbonyl (C=O) groups is 2. The van der Waals surface area contributed by atoms with Gasteiger partial charge in [0.2, 0.25) is 5.88 Å². The number of alkyl halides is 3. The van der Waals surface area contributed by atoms with E-state index in [0.29, 0.717) is 28.8 Å². The van der Waals surface area contributed by atoms with E-state index in [9.17, 15) is 22.8 Å². The van der Waals surface area contributed by atoms with Crippen LogP contribution in [0.4, 0.5) is 13.2 Å². The first kappa shape index (κ1) is 23.4. The molecule has 2 aromatic heterocycles. The molecule has 2 aromatic rings. The third-order valence-corrected chi connectivity index (χ3v) is 4.94. The lowest BCUT2D eigenvalue weighted by Crippen LogP contribution is -2.29. The second kappa shape index (κ2) is 9.47. The predicted molar refractivity (Wildman–Crippen MR) is 105 cm³/mol. The molecule has 2 N–H and O–H groups in total. The van der Waals surface area contributed by atoms with Crippen LogP contribution in [-0.2, 0) is 6.54 Å². The molecule has 12 heteroatoms. The van der Waals surface area contributed by atoms with Crippen LogP contribution in [0.2, 0.25) is 0 Å². The SMILES string of the molecule is Cc1cc(C(C)N2Cc3c(ccnc3C(=O)NCCCO)C2=O)nnc1OCC(F)(F)F. The van der Waals surface area contributed by atoms with Crippen LogP contribution < -0.4 is 10.1 Å². The van der Waals surface area contributed by atoms with E-state index >= 15 is 0 Å². The molecule has 0 aliphatic carbocycles. The van der Waals surface area contributed by atoms with Crippen molar-refractivity contribution in [1.82, 2.24) is 25.4 Å². The van der Waals surface area contributed by atoms with Gasteiger partial charge in [0.15, 0.2) is 6.61 Å². The van der Waals surface area contributed by atoms with Gasteiger partial charge in [-0.3, -0.25) is 14.6 Å². The Morgan fingerprint density at radius 1 is 1.38 bits per heavy atom. The summed E-state index contributed by atoms with van der Waals surface area (Å²) in [4.78, 5) is 31.0. The Morgan fingerprint density at radius 2 is 2.12 bits per heavy atom. The quantitative estimate of drug-likeness (QED) is 0.587. The molecule has 1 aliphatic heterocycles. The van der Waals surface area contributed by atoms with Gasteiger partial charge in [0.05, 0.1) is 11.7 Å². The Hall–Kier alpha value is -3.28. The fourth-order valence-electron chi connectivity index (χ4n) is 3.27. The summed E-state index contributed by atoms with van der Waals surface area (Å²) in [6.45, 7) is 2.08. The first-order valence-corrected chi connectivity index (χ1v) is 9.84. The molecule has 1 unspecified atom stereocenters. The summed E-state index contributed by atoms with van der Waals surface area (Å²) in [6, 6.07) is 2.48. The summed E-state index contributed by atoms with van der Waals surface area (Å²) in [5.74, 6) is -1.00. The second-order valence-electron chi connectivity index (χ2n) is 7.29.